The molecule has 3 heterocycles. The van der Waals surface area contributed by atoms with Crippen molar-refractivity contribution in [1.82, 2.24) is 14.5 Å². The molecule has 0 aliphatic heterocycles. The highest BCUT2D eigenvalue weighted by atomic mass is 32.1. The summed E-state index contributed by atoms with van der Waals surface area (Å²) in [6.07, 6.45) is 7.51. The zero-order chi connectivity index (χ0) is 14.4. The molecule has 4 rings (SSSR count). The van der Waals surface area contributed by atoms with E-state index in [2.05, 4.69) is 26.9 Å². The molecule has 0 saturated heterocycles. The smallest absolute Gasteiger partial charge is 0.268 e. The summed E-state index contributed by atoms with van der Waals surface area (Å²) in [6.45, 7) is 0.570. The maximum atomic E-state index is 12.0. The molecule has 0 radical (unpaired) electrons. The Hall–Kier alpha value is -1.92. The van der Waals surface area contributed by atoms with Gasteiger partial charge in [0.1, 0.15) is 10.5 Å². The van der Waals surface area contributed by atoms with E-state index in [9.17, 15) is 4.79 Å². The second-order valence-corrected chi connectivity index (χ2v) is 6.47. The van der Waals surface area contributed by atoms with Gasteiger partial charge in [0.15, 0.2) is 0 Å². The minimum absolute atomic E-state index is 0.0568. The summed E-state index contributed by atoms with van der Waals surface area (Å²) in [6, 6.07) is 2.02. The highest BCUT2D eigenvalue weighted by Gasteiger charge is 2.19. The molecule has 3 N–H and O–H groups in total. The number of aromatic nitrogens is 3. The van der Waals surface area contributed by atoms with Gasteiger partial charge in [-0.05, 0) is 41.8 Å². The van der Waals surface area contributed by atoms with Crippen molar-refractivity contribution < 1.29 is 0 Å². The van der Waals surface area contributed by atoms with Gasteiger partial charge in [-0.1, -0.05) is 0 Å². The van der Waals surface area contributed by atoms with Gasteiger partial charge in [-0.2, -0.15) is 0 Å². The van der Waals surface area contributed by atoms with Gasteiger partial charge in [0.2, 0.25) is 0 Å². The molecule has 6 heteroatoms. The van der Waals surface area contributed by atoms with E-state index < -0.39 is 0 Å². The van der Waals surface area contributed by atoms with Crippen molar-refractivity contribution in [3.8, 4) is 0 Å². The number of nitrogens with zero attached hydrogens (tertiary/aromatic N) is 2. The molecule has 0 spiro atoms. The van der Waals surface area contributed by atoms with E-state index in [0.29, 0.717) is 17.1 Å². The third kappa shape index (κ3) is 2.20. The first-order chi connectivity index (χ1) is 10.2. The first-order valence-electron chi connectivity index (χ1n) is 7.11. The molecule has 0 amide bonds. The number of nitrogens with two attached hydrogens (primary N) is 1. The number of rotatable bonds is 2. The van der Waals surface area contributed by atoms with Gasteiger partial charge in [-0.15, -0.1) is 11.3 Å². The highest BCUT2D eigenvalue weighted by molar-refractivity contribution is 7.17. The van der Waals surface area contributed by atoms with Crippen molar-refractivity contribution in [1.29, 1.82) is 0 Å². The molecule has 0 saturated carbocycles. The summed E-state index contributed by atoms with van der Waals surface area (Å²) < 4.78 is 2.76. The fraction of sp³-hybridized carbons (Fsp3) is 0.333. The van der Waals surface area contributed by atoms with Gasteiger partial charge in [-0.25, -0.2) is 4.98 Å². The predicted octanol–water partition coefficient (Wildman–Crippen LogP) is 2.17. The molecule has 1 aliphatic rings. The Morgan fingerprint density at radius 1 is 1.48 bits per heavy atom. The highest BCUT2D eigenvalue weighted by Crippen LogP contribution is 2.28. The van der Waals surface area contributed by atoms with Crippen LogP contribution in [-0.2, 0) is 13.0 Å². The number of thiophene rings is 1. The lowest BCUT2D eigenvalue weighted by atomic mass is 9.92. The average molecular weight is 300 g/mol. The van der Waals surface area contributed by atoms with E-state index >= 15 is 0 Å². The van der Waals surface area contributed by atoms with Crippen molar-refractivity contribution in [3.05, 3.63) is 51.1 Å². The second kappa shape index (κ2) is 4.82. The van der Waals surface area contributed by atoms with Gasteiger partial charge < -0.3 is 15.3 Å². The minimum Gasteiger partial charge on any atom is -0.346 e. The molecule has 3 aromatic rings. The van der Waals surface area contributed by atoms with Crippen LogP contribution in [0, 0.1) is 0 Å². The van der Waals surface area contributed by atoms with Gasteiger partial charge >= 0.3 is 0 Å². The summed E-state index contributed by atoms with van der Waals surface area (Å²) in [5.74, 6) is 0.687. The number of aromatic amines is 1. The third-order valence-electron chi connectivity index (χ3n) is 4.05. The van der Waals surface area contributed by atoms with Crippen LogP contribution in [0.4, 0.5) is 0 Å². The molecular formula is C15H16N4OS. The number of hydrogen-bond acceptors (Lipinski definition) is 4. The van der Waals surface area contributed by atoms with E-state index in [-0.39, 0.29) is 11.6 Å². The maximum absolute atomic E-state index is 12.0. The fourth-order valence-electron chi connectivity index (χ4n) is 3.04. The van der Waals surface area contributed by atoms with Crippen molar-refractivity contribution in [2.45, 2.75) is 31.8 Å². The van der Waals surface area contributed by atoms with Crippen molar-refractivity contribution >= 4 is 21.6 Å². The van der Waals surface area contributed by atoms with Crippen LogP contribution in [0.3, 0.4) is 0 Å². The topological polar surface area (TPSA) is 76.7 Å². The molecule has 0 bridgehead atoms. The van der Waals surface area contributed by atoms with Crippen molar-refractivity contribution in [3.63, 3.8) is 0 Å². The van der Waals surface area contributed by atoms with Crippen LogP contribution in [-0.4, -0.2) is 14.5 Å². The Labute approximate surface area is 125 Å². The monoisotopic (exact) mass is 300 g/mol. The Bertz CT molecular complexity index is 860. The van der Waals surface area contributed by atoms with E-state index in [1.165, 1.54) is 22.5 Å². The van der Waals surface area contributed by atoms with Crippen LogP contribution >= 0.6 is 11.3 Å². The second-order valence-electron chi connectivity index (χ2n) is 5.56. The SMILES string of the molecule is NC1CCCc2cn(Cc3nc4ccsc4c(=O)[nH]3)cc21. The van der Waals surface area contributed by atoms with Crippen LogP contribution in [0.5, 0.6) is 0 Å². The van der Waals surface area contributed by atoms with Gasteiger partial charge in [0, 0.05) is 18.4 Å². The Balaban J connectivity index is 1.70. The molecule has 1 unspecified atom stereocenters. The molecule has 3 aromatic heterocycles. The molecule has 108 valence electrons. The van der Waals surface area contributed by atoms with Gasteiger partial charge in [0.25, 0.3) is 5.56 Å². The van der Waals surface area contributed by atoms with Crippen LogP contribution in [0.2, 0.25) is 0 Å². The number of nitrogens with one attached hydrogen (secondary N) is 1. The van der Waals surface area contributed by atoms with Crippen LogP contribution in [0.25, 0.3) is 10.2 Å². The normalized spacial score (nSPS) is 18.0. The zero-order valence-electron chi connectivity index (χ0n) is 11.5. The van der Waals surface area contributed by atoms with E-state index in [1.807, 2.05) is 11.4 Å². The standard InChI is InChI=1S/C15H16N4OS/c16-11-3-1-2-9-6-19(7-10(9)11)8-13-17-12-4-5-21-14(12)15(20)18-13/h4-7,11H,1-3,8,16H2,(H,17,18,20). The molecule has 1 aliphatic carbocycles. The summed E-state index contributed by atoms with van der Waals surface area (Å²) in [7, 11) is 0. The number of hydrogen-bond donors (Lipinski definition) is 2. The van der Waals surface area contributed by atoms with E-state index in [1.54, 1.807) is 0 Å². The lowest BCUT2D eigenvalue weighted by Gasteiger charge is -2.17. The van der Waals surface area contributed by atoms with Gasteiger partial charge in [0.05, 0.1) is 12.1 Å². The average Bonchev–Trinajstić information content (AvgIpc) is 3.06. The van der Waals surface area contributed by atoms with Crippen LogP contribution in [0.15, 0.2) is 28.6 Å². The Kier molecular flexibility index (Phi) is 2.94. The quantitative estimate of drug-likeness (QED) is 0.761. The number of H-pyrrole nitrogens is 1. The largest absolute Gasteiger partial charge is 0.346 e. The first kappa shape index (κ1) is 12.8. The van der Waals surface area contributed by atoms with Gasteiger partial charge in [-0.3, -0.25) is 4.79 Å². The maximum Gasteiger partial charge on any atom is 0.268 e. The zero-order valence-corrected chi connectivity index (χ0v) is 12.3. The molecule has 0 aromatic carbocycles. The Morgan fingerprint density at radius 2 is 2.38 bits per heavy atom. The molecule has 5 nitrogen and oxygen atoms in total. The Morgan fingerprint density at radius 3 is 3.24 bits per heavy atom. The predicted molar refractivity (Wildman–Crippen MR) is 83.6 cm³/mol. The third-order valence-corrected chi connectivity index (χ3v) is 4.96. The molecule has 21 heavy (non-hydrogen) atoms. The number of aryl methyl sites for hydroxylation is 1. The van der Waals surface area contributed by atoms with Crippen LogP contribution < -0.4 is 11.3 Å². The first-order valence-corrected chi connectivity index (χ1v) is 7.99. The summed E-state index contributed by atoms with van der Waals surface area (Å²) in [4.78, 5) is 19.4. The fourth-order valence-corrected chi connectivity index (χ4v) is 3.77. The van der Waals surface area contributed by atoms with E-state index in [4.69, 9.17) is 5.73 Å². The molecular weight excluding hydrogens is 284 g/mol. The van der Waals surface area contributed by atoms with Crippen molar-refractivity contribution in [2.75, 3.05) is 0 Å². The van der Waals surface area contributed by atoms with Crippen LogP contribution in [0.1, 0.15) is 35.8 Å². The summed E-state index contributed by atoms with van der Waals surface area (Å²) in [5, 5.41) is 1.89. The lowest BCUT2D eigenvalue weighted by Crippen LogP contribution is -2.15. The molecule has 0 fully saturated rings. The lowest BCUT2D eigenvalue weighted by molar-refractivity contribution is 0.573. The summed E-state index contributed by atoms with van der Waals surface area (Å²) in [5.41, 5.74) is 9.43. The minimum atomic E-state index is -0.0568. The molecule has 1 atom stereocenters. The van der Waals surface area contributed by atoms with E-state index in [0.717, 1.165) is 24.8 Å². The summed E-state index contributed by atoms with van der Waals surface area (Å²) >= 11 is 1.42. The number of fused-ring (bicyclic) bond motifs is 2. The van der Waals surface area contributed by atoms with Crippen molar-refractivity contribution in [2.24, 2.45) is 5.73 Å².